The molecule has 0 unspecified atom stereocenters. The van der Waals surface area contributed by atoms with Gasteiger partial charge in [0.25, 0.3) is 11.8 Å². The van der Waals surface area contributed by atoms with Gasteiger partial charge in [-0.25, -0.2) is 0 Å². The molecule has 1 aliphatic rings. The summed E-state index contributed by atoms with van der Waals surface area (Å²) in [5, 5.41) is 3.16. The molecule has 0 aromatic heterocycles. The molecule has 1 aliphatic heterocycles. The van der Waals surface area contributed by atoms with E-state index in [0.717, 1.165) is 17.0 Å². The molecule has 2 amide bonds. The number of alkyl halides is 3. The second kappa shape index (κ2) is 9.11. The Morgan fingerprint density at radius 2 is 1.74 bits per heavy atom. The predicted molar refractivity (Wildman–Crippen MR) is 111 cm³/mol. The van der Waals surface area contributed by atoms with Gasteiger partial charge in [-0.15, -0.1) is 0 Å². The zero-order chi connectivity index (χ0) is 22.8. The molecule has 1 heterocycles. The lowest BCUT2D eigenvalue weighted by molar-refractivity contribution is -0.138. The molecule has 0 atom stereocenters. The Balaban J connectivity index is 1.98. The third-order valence-electron chi connectivity index (χ3n) is 4.53. The van der Waals surface area contributed by atoms with Gasteiger partial charge < -0.3 is 10.1 Å². The number of amides is 2. The molecule has 0 radical (unpaired) electrons. The summed E-state index contributed by atoms with van der Waals surface area (Å²) < 4.78 is 44.6. The Bertz CT molecular complexity index is 1020. The topological polar surface area (TPSA) is 58.6 Å². The first-order valence-electron chi connectivity index (χ1n) is 9.50. The molecule has 3 rings (SSSR count). The van der Waals surface area contributed by atoms with Gasteiger partial charge in [-0.2, -0.15) is 13.2 Å². The van der Waals surface area contributed by atoms with Crippen LogP contribution in [0.25, 0.3) is 5.57 Å². The lowest BCUT2D eigenvalue weighted by Gasteiger charge is -2.16. The number of nitrogens with one attached hydrogen (secondary N) is 1. The number of halogens is 4. The van der Waals surface area contributed by atoms with Gasteiger partial charge in [0, 0.05) is 10.7 Å². The van der Waals surface area contributed by atoms with E-state index in [9.17, 15) is 22.8 Å². The summed E-state index contributed by atoms with van der Waals surface area (Å²) in [4.78, 5) is 27.1. The number of carbonyl (C=O) groups is 2. The molecule has 0 saturated carbocycles. The highest BCUT2D eigenvalue weighted by atomic mass is 35.5. The zero-order valence-corrected chi connectivity index (χ0v) is 17.6. The first-order valence-corrected chi connectivity index (χ1v) is 9.88. The fourth-order valence-corrected chi connectivity index (χ4v) is 3.20. The van der Waals surface area contributed by atoms with E-state index in [1.54, 1.807) is 24.3 Å². The van der Waals surface area contributed by atoms with Crippen LogP contribution in [0, 0.1) is 0 Å². The van der Waals surface area contributed by atoms with Crippen LogP contribution in [-0.4, -0.2) is 36.0 Å². The van der Waals surface area contributed by atoms with Gasteiger partial charge in [0.2, 0.25) is 0 Å². The monoisotopic (exact) mass is 452 g/mol. The number of hydrogen-bond donors (Lipinski definition) is 1. The lowest BCUT2D eigenvalue weighted by atomic mass is 10.0. The van der Waals surface area contributed by atoms with Crippen LogP contribution in [0.5, 0.6) is 0 Å². The van der Waals surface area contributed by atoms with Crippen molar-refractivity contribution >= 4 is 34.7 Å². The van der Waals surface area contributed by atoms with Crippen molar-refractivity contribution in [2.75, 3.05) is 18.5 Å². The number of carbonyl (C=O) groups excluding carboxylic acids is 2. The third kappa shape index (κ3) is 5.26. The van der Waals surface area contributed by atoms with Crippen LogP contribution < -0.4 is 5.32 Å². The molecule has 164 valence electrons. The second-order valence-electron chi connectivity index (χ2n) is 7.14. The molecule has 2 aromatic carbocycles. The van der Waals surface area contributed by atoms with E-state index in [1.807, 2.05) is 13.8 Å². The van der Waals surface area contributed by atoms with Gasteiger partial charge in [-0.3, -0.25) is 14.5 Å². The molecule has 0 aliphatic carbocycles. The van der Waals surface area contributed by atoms with E-state index >= 15 is 0 Å². The maximum atomic E-state index is 13.1. The van der Waals surface area contributed by atoms with Crippen molar-refractivity contribution in [1.82, 2.24) is 4.90 Å². The van der Waals surface area contributed by atoms with Crippen molar-refractivity contribution in [2.24, 2.45) is 0 Å². The summed E-state index contributed by atoms with van der Waals surface area (Å²) in [6.45, 7) is 3.80. The minimum Gasteiger partial charge on any atom is -0.377 e. The normalized spacial score (nSPS) is 14.7. The van der Waals surface area contributed by atoms with E-state index in [-0.39, 0.29) is 36.2 Å². The van der Waals surface area contributed by atoms with E-state index in [1.165, 1.54) is 12.1 Å². The second-order valence-corrected chi connectivity index (χ2v) is 7.58. The highest BCUT2D eigenvalue weighted by Crippen LogP contribution is 2.34. The number of nitrogens with zero attached hydrogens (tertiary/aromatic N) is 1. The lowest BCUT2D eigenvalue weighted by Crippen LogP contribution is -2.35. The summed E-state index contributed by atoms with van der Waals surface area (Å²) >= 11 is 5.92. The molecule has 0 fully saturated rings. The number of rotatable bonds is 7. The number of benzene rings is 2. The van der Waals surface area contributed by atoms with E-state index in [2.05, 4.69) is 5.32 Å². The molecule has 2 aromatic rings. The maximum absolute atomic E-state index is 13.1. The largest absolute Gasteiger partial charge is 0.416 e. The Hall–Kier alpha value is -2.84. The fourth-order valence-electron chi connectivity index (χ4n) is 3.08. The number of ether oxygens (including phenoxy) is 1. The minimum atomic E-state index is -4.54. The summed E-state index contributed by atoms with van der Waals surface area (Å²) in [5.74, 6) is -1.20. The van der Waals surface area contributed by atoms with Crippen LogP contribution in [0.1, 0.15) is 25.0 Å². The molecule has 31 heavy (non-hydrogen) atoms. The molecular weight excluding hydrogens is 433 g/mol. The van der Waals surface area contributed by atoms with Gasteiger partial charge in [-0.05, 0) is 49.7 Å². The summed E-state index contributed by atoms with van der Waals surface area (Å²) in [7, 11) is 0. The summed E-state index contributed by atoms with van der Waals surface area (Å²) in [5.41, 5.74) is -0.452. The maximum Gasteiger partial charge on any atom is 0.416 e. The van der Waals surface area contributed by atoms with E-state index < -0.39 is 23.6 Å². The summed E-state index contributed by atoms with van der Waals surface area (Å²) in [6, 6.07) is 10.7. The third-order valence-corrected chi connectivity index (χ3v) is 4.78. The van der Waals surface area contributed by atoms with Crippen LogP contribution in [-0.2, 0) is 20.5 Å². The number of anilines is 1. The molecule has 1 N–H and O–H groups in total. The van der Waals surface area contributed by atoms with Crippen molar-refractivity contribution in [3.05, 3.63) is 70.4 Å². The molecule has 0 saturated heterocycles. The standard InChI is InChI=1S/C22H20ClF3N2O3/c1-13(2)31-11-10-28-20(29)18(14-6-8-16(23)9-7-14)19(21(28)30)27-17-5-3-4-15(12-17)22(24,25)26/h3-9,12-13,27H,10-11H2,1-2H3. The Kier molecular flexibility index (Phi) is 6.71. The van der Waals surface area contributed by atoms with Crippen LogP contribution in [0.15, 0.2) is 54.2 Å². The Labute approximate surface area is 182 Å². The van der Waals surface area contributed by atoms with Crippen LogP contribution >= 0.6 is 11.6 Å². The Morgan fingerprint density at radius 1 is 1.06 bits per heavy atom. The average molecular weight is 453 g/mol. The smallest absolute Gasteiger partial charge is 0.377 e. The van der Waals surface area contributed by atoms with Gasteiger partial charge >= 0.3 is 6.18 Å². The molecule has 9 heteroatoms. The van der Waals surface area contributed by atoms with Crippen molar-refractivity contribution in [1.29, 1.82) is 0 Å². The van der Waals surface area contributed by atoms with Gasteiger partial charge in [0.05, 0.1) is 30.4 Å². The molecule has 5 nitrogen and oxygen atoms in total. The van der Waals surface area contributed by atoms with E-state index in [0.29, 0.717) is 10.6 Å². The van der Waals surface area contributed by atoms with Crippen LogP contribution in [0.4, 0.5) is 18.9 Å². The fraction of sp³-hybridized carbons (Fsp3) is 0.273. The first kappa shape index (κ1) is 22.8. The number of imide groups is 1. The first-order chi connectivity index (χ1) is 14.6. The minimum absolute atomic E-state index is 0.0146. The molecule has 0 spiro atoms. The van der Waals surface area contributed by atoms with Crippen LogP contribution in [0.2, 0.25) is 5.02 Å². The molecule has 0 bridgehead atoms. The zero-order valence-electron chi connectivity index (χ0n) is 16.8. The highest BCUT2D eigenvalue weighted by molar-refractivity contribution is 6.36. The summed E-state index contributed by atoms with van der Waals surface area (Å²) in [6.07, 6.45) is -4.62. The van der Waals surface area contributed by atoms with Gasteiger partial charge in [-0.1, -0.05) is 29.8 Å². The molecular formula is C22H20ClF3N2O3. The van der Waals surface area contributed by atoms with Gasteiger partial charge in [0.1, 0.15) is 5.70 Å². The predicted octanol–water partition coefficient (Wildman–Crippen LogP) is 4.98. The van der Waals surface area contributed by atoms with Crippen molar-refractivity contribution in [3.8, 4) is 0 Å². The number of hydrogen-bond acceptors (Lipinski definition) is 4. The average Bonchev–Trinajstić information content (AvgIpc) is 2.92. The van der Waals surface area contributed by atoms with E-state index in [4.69, 9.17) is 16.3 Å². The van der Waals surface area contributed by atoms with Crippen molar-refractivity contribution in [3.63, 3.8) is 0 Å². The van der Waals surface area contributed by atoms with Crippen molar-refractivity contribution in [2.45, 2.75) is 26.1 Å². The Morgan fingerprint density at radius 3 is 2.35 bits per heavy atom. The van der Waals surface area contributed by atoms with Gasteiger partial charge in [0.15, 0.2) is 0 Å². The van der Waals surface area contributed by atoms with Crippen LogP contribution in [0.3, 0.4) is 0 Å². The SMILES string of the molecule is CC(C)OCCN1C(=O)C(Nc2cccc(C(F)(F)F)c2)=C(c2ccc(Cl)cc2)C1=O. The van der Waals surface area contributed by atoms with Crippen molar-refractivity contribution < 1.29 is 27.5 Å². The highest BCUT2D eigenvalue weighted by Gasteiger charge is 2.39. The quantitative estimate of drug-likeness (QED) is 0.602.